The summed E-state index contributed by atoms with van der Waals surface area (Å²) in [6.45, 7) is 1.38. The minimum absolute atomic E-state index is 0.119. The van der Waals surface area contributed by atoms with E-state index >= 15 is 0 Å². The Kier molecular flexibility index (Phi) is 5.76. The first-order valence-corrected chi connectivity index (χ1v) is 7.47. The summed E-state index contributed by atoms with van der Waals surface area (Å²) in [4.78, 5) is 23.3. The fraction of sp³-hybridized carbons (Fsp3) is 0.176. The second-order valence-electron chi connectivity index (χ2n) is 5.02. The number of benzene rings is 2. The number of ether oxygens (including phenoxy) is 1. The van der Waals surface area contributed by atoms with E-state index < -0.39 is 11.7 Å². The molecule has 2 amide bonds. The summed E-state index contributed by atoms with van der Waals surface area (Å²) in [6, 6.07) is 9.04. The number of amides is 2. The van der Waals surface area contributed by atoms with Gasteiger partial charge >= 0.3 is 0 Å². The topological polar surface area (TPSA) is 67.4 Å². The smallest absolute Gasteiger partial charge is 0.229 e. The predicted octanol–water partition coefficient (Wildman–Crippen LogP) is 3.63. The van der Waals surface area contributed by atoms with Crippen LogP contribution in [0.15, 0.2) is 36.4 Å². The number of carbonyl (C=O) groups is 2. The summed E-state index contributed by atoms with van der Waals surface area (Å²) in [6.07, 6.45) is -0.223. The zero-order chi connectivity index (χ0) is 17.7. The number of methoxy groups -OCH3 is 1. The van der Waals surface area contributed by atoms with Gasteiger partial charge in [0.15, 0.2) is 0 Å². The van der Waals surface area contributed by atoms with Crippen molar-refractivity contribution < 1.29 is 18.7 Å². The summed E-state index contributed by atoms with van der Waals surface area (Å²) in [5, 5.41) is 5.43. The van der Waals surface area contributed by atoms with Gasteiger partial charge in [0.25, 0.3) is 0 Å². The van der Waals surface area contributed by atoms with Gasteiger partial charge in [0, 0.05) is 23.2 Å². The molecule has 0 radical (unpaired) electrons. The molecule has 0 bridgehead atoms. The Morgan fingerprint density at radius 1 is 1.21 bits per heavy atom. The van der Waals surface area contributed by atoms with E-state index in [1.54, 1.807) is 18.2 Å². The van der Waals surface area contributed by atoms with Crippen molar-refractivity contribution in [1.82, 2.24) is 0 Å². The normalized spacial score (nSPS) is 10.2. The molecule has 7 heteroatoms. The van der Waals surface area contributed by atoms with Crippen molar-refractivity contribution in [2.45, 2.75) is 13.3 Å². The van der Waals surface area contributed by atoms with E-state index in [0.717, 1.165) is 0 Å². The Hall–Kier alpha value is -2.60. The van der Waals surface area contributed by atoms with Crippen molar-refractivity contribution in [3.63, 3.8) is 0 Å². The van der Waals surface area contributed by atoms with Gasteiger partial charge in [0.1, 0.15) is 11.6 Å². The molecule has 2 aromatic rings. The van der Waals surface area contributed by atoms with Gasteiger partial charge in [0.05, 0.1) is 19.2 Å². The number of anilines is 2. The van der Waals surface area contributed by atoms with Gasteiger partial charge in [0.2, 0.25) is 11.8 Å². The van der Waals surface area contributed by atoms with Crippen molar-refractivity contribution in [2.24, 2.45) is 0 Å². The predicted molar refractivity (Wildman–Crippen MR) is 91.0 cm³/mol. The lowest BCUT2D eigenvalue weighted by molar-refractivity contribution is -0.116. The highest BCUT2D eigenvalue weighted by Crippen LogP contribution is 2.28. The summed E-state index contributed by atoms with van der Waals surface area (Å²) in [5.41, 5.74) is 0.984. The van der Waals surface area contributed by atoms with Crippen molar-refractivity contribution in [2.75, 3.05) is 17.7 Å². The molecule has 0 fully saturated rings. The van der Waals surface area contributed by atoms with Crippen LogP contribution >= 0.6 is 11.6 Å². The maximum Gasteiger partial charge on any atom is 0.229 e. The zero-order valence-corrected chi connectivity index (χ0v) is 13.9. The van der Waals surface area contributed by atoms with Crippen molar-refractivity contribution in [3.05, 3.63) is 52.8 Å². The molecule has 5 nitrogen and oxygen atoms in total. The second-order valence-corrected chi connectivity index (χ2v) is 5.43. The first-order chi connectivity index (χ1) is 11.4. The Morgan fingerprint density at radius 3 is 2.58 bits per heavy atom. The van der Waals surface area contributed by atoms with Crippen LogP contribution in [-0.4, -0.2) is 18.9 Å². The average Bonchev–Trinajstić information content (AvgIpc) is 2.51. The lowest BCUT2D eigenvalue weighted by atomic mass is 10.1. The van der Waals surface area contributed by atoms with Crippen LogP contribution in [0.2, 0.25) is 5.02 Å². The van der Waals surface area contributed by atoms with E-state index in [4.69, 9.17) is 16.3 Å². The molecule has 24 heavy (non-hydrogen) atoms. The van der Waals surface area contributed by atoms with E-state index in [1.807, 2.05) is 0 Å². The van der Waals surface area contributed by atoms with Crippen LogP contribution in [0.25, 0.3) is 0 Å². The van der Waals surface area contributed by atoms with Gasteiger partial charge in [-0.3, -0.25) is 9.59 Å². The minimum Gasteiger partial charge on any atom is -0.495 e. The summed E-state index contributed by atoms with van der Waals surface area (Å²) < 4.78 is 18.9. The number of hydrogen-bond donors (Lipinski definition) is 2. The van der Waals surface area contributed by atoms with E-state index in [1.165, 1.54) is 32.2 Å². The van der Waals surface area contributed by atoms with Gasteiger partial charge < -0.3 is 15.4 Å². The van der Waals surface area contributed by atoms with Crippen molar-refractivity contribution in [3.8, 4) is 5.75 Å². The van der Waals surface area contributed by atoms with Crippen LogP contribution in [0.5, 0.6) is 5.75 Å². The first kappa shape index (κ1) is 17.7. The van der Waals surface area contributed by atoms with Gasteiger partial charge in [-0.15, -0.1) is 0 Å². The fourth-order valence-electron chi connectivity index (χ4n) is 2.14. The third-order valence-corrected chi connectivity index (χ3v) is 3.55. The largest absolute Gasteiger partial charge is 0.495 e. The monoisotopic (exact) mass is 350 g/mol. The van der Waals surface area contributed by atoms with Crippen LogP contribution in [-0.2, 0) is 16.0 Å². The molecule has 0 saturated heterocycles. The Balaban J connectivity index is 2.20. The molecule has 0 heterocycles. The summed E-state index contributed by atoms with van der Waals surface area (Å²) in [5.74, 6) is -0.829. The summed E-state index contributed by atoms with van der Waals surface area (Å²) >= 11 is 5.93. The van der Waals surface area contributed by atoms with Crippen LogP contribution in [0.3, 0.4) is 0 Å². The van der Waals surface area contributed by atoms with Crippen LogP contribution in [0, 0.1) is 5.82 Å². The molecule has 0 saturated carbocycles. The van der Waals surface area contributed by atoms with Crippen molar-refractivity contribution >= 4 is 34.8 Å². The molecule has 0 spiro atoms. The second kappa shape index (κ2) is 7.79. The molecule has 0 aliphatic heterocycles. The van der Waals surface area contributed by atoms with Crippen molar-refractivity contribution in [1.29, 1.82) is 0 Å². The van der Waals surface area contributed by atoms with Crippen LogP contribution < -0.4 is 15.4 Å². The standard InChI is InChI=1S/C17H16ClFN2O3/c1-10(22)20-11-6-7-16(24-2)15(8-11)21-17(23)9-12-13(18)4-3-5-14(12)19/h3-8H,9H2,1-2H3,(H,20,22)(H,21,23). The van der Waals surface area contributed by atoms with Gasteiger partial charge in [-0.1, -0.05) is 17.7 Å². The number of carbonyl (C=O) groups excluding carboxylic acids is 2. The van der Waals surface area contributed by atoms with Gasteiger partial charge in [-0.25, -0.2) is 4.39 Å². The van der Waals surface area contributed by atoms with E-state index in [-0.39, 0.29) is 22.9 Å². The lowest BCUT2D eigenvalue weighted by Crippen LogP contribution is -2.16. The van der Waals surface area contributed by atoms with Gasteiger partial charge in [-0.05, 0) is 30.3 Å². The quantitative estimate of drug-likeness (QED) is 0.865. The number of rotatable bonds is 5. The highest BCUT2D eigenvalue weighted by Gasteiger charge is 2.14. The minimum atomic E-state index is -0.545. The highest BCUT2D eigenvalue weighted by molar-refractivity contribution is 6.31. The molecule has 0 unspecified atom stereocenters. The van der Waals surface area contributed by atoms with Gasteiger partial charge in [-0.2, -0.15) is 0 Å². The Bertz CT molecular complexity index is 760. The molecular formula is C17H16ClFN2O3. The SMILES string of the molecule is COc1ccc(NC(C)=O)cc1NC(=O)Cc1c(F)cccc1Cl. The Labute approximate surface area is 143 Å². The number of nitrogens with one attached hydrogen (secondary N) is 2. The van der Waals surface area contributed by atoms with Crippen LogP contribution in [0.4, 0.5) is 15.8 Å². The van der Waals surface area contributed by atoms with E-state index in [2.05, 4.69) is 10.6 Å². The zero-order valence-electron chi connectivity index (χ0n) is 13.2. The third-order valence-electron chi connectivity index (χ3n) is 3.19. The highest BCUT2D eigenvalue weighted by atomic mass is 35.5. The molecule has 0 aliphatic rings. The lowest BCUT2D eigenvalue weighted by Gasteiger charge is -2.13. The maximum atomic E-state index is 13.8. The first-order valence-electron chi connectivity index (χ1n) is 7.09. The summed E-state index contributed by atoms with van der Waals surface area (Å²) in [7, 11) is 1.46. The number of hydrogen-bond acceptors (Lipinski definition) is 3. The van der Waals surface area contributed by atoms with Crippen LogP contribution in [0.1, 0.15) is 12.5 Å². The average molecular weight is 351 g/mol. The maximum absolute atomic E-state index is 13.8. The number of halogens is 2. The van der Waals surface area contributed by atoms with E-state index in [0.29, 0.717) is 17.1 Å². The molecule has 2 rings (SSSR count). The van der Waals surface area contributed by atoms with E-state index in [9.17, 15) is 14.0 Å². The molecular weight excluding hydrogens is 335 g/mol. The molecule has 2 aromatic carbocycles. The molecule has 0 aliphatic carbocycles. The Morgan fingerprint density at radius 2 is 1.96 bits per heavy atom. The fourth-order valence-corrected chi connectivity index (χ4v) is 2.37. The molecule has 0 aromatic heterocycles. The third kappa shape index (κ3) is 4.45. The molecule has 0 atom stereocenters. The molecule has 2 N–H and O–H groups in total. The molecule has 126 valence electrons.